The smallest absolute Gasteiger partial charge is 0.306 e. The maximum atomic E-state index is 12.7. The number of hydrogen-bond acceptors (Lipinski definition) is 6. The lowest BCUT2D eigenvalue weighted by atomic mass is 10.0. The van der Waals surface area contributed by atoms with E-state index in [0.717, 1.165) is 70.1 Å². The van der Waals surface area contributed by atoms with Gasteiger partial charge in [-0.3, -0.25) is 14.4 Å². The zero-order valence-electron chi connectivity index (χ0n) is 34.6. The molecule has 0 aliphatic carbocycles. The van der Waals surface area contributed by atoms with Crippen LogP contribution in [0.2, 0.25) is 0 Å². The van der Waals surface area contributed by atoms with Gasteiger partial charge in [0.05, 0.1) is 0 Å². The van der Waals surface area contributed by atoms with Crippen LogP contribution in [0.5, 0.6) is 0 Å². The zero-order chi connectivity index (χ0) is 37.5. The Morgan fingerprint density at radius 3 is 0.961 bits per heavy atom. The van der Waals surface area contributed by atoms with Gasteiger partial charge in [-0.1, -0.05) is 207 Å². The molecule has 0 radical (unpaired) electrons. The minimum atomic E-state index is -0.757. The summed E-state index contributed by atoms with van der Waals surface area (Å²) in [6, 6.07) is 0. The predicted molar refractivity (Wildman–Crippen MR) is 215 cm³/mol. The number of hydrogen-bond donors (Lipinski definition) is 0. The third-order valence-electron chi connectivity index (χ3n) is 10.0. The van der Waals surface area contributed by atoms with Crippen LogP contribution in [0.25, 0.3) is 0 Å². The van der Waals surface area contributed by atoms with Gasteiger partial charge in [-0.15, -0.1) is 0 Å². The van der Waals surface area contributed by atoms with Crippen molar-refractivity contribution in [3.05, 3.63) is 0 Å². The fourth-order valence-electron chi connectivity index (χ4n) is 6.63. The second kappa shape index (κ2) is 39.6. The molecule has 0 aromatic rings. The summed E-state index contributed by atoms with van der Waals surface area (Å²) < 4.78 is 16.6. The highest BCUT2D eigenvalue weighted by atomic mass is 16.6. The topological polar surface area (TPSA) is 78.9 Å². The summed E-state index contributed by atoms with van der Waals surface area (Å²) in [5, 5.41) is 0. The SMILES string of the molecule is CCCCCCCCCCCCCC(=O)OC[C@@H](COC(=O)CCCCCCC)OC(=O)CCCCCCCCCCCCCCCCC(C)C. The van der Waals surface area contributed by atoms with Gasteiger partial charge in [0, 0.05) is 19.3 Å². The molecule has 0 saturated heterocycles. The van der Waals surface area contributed by atoms with Crippen LogP contribution in [0, 0.1) is 5.92 Å². The molecule has 0 rings (SSSR count). The fraction of sp³-hybridized carbons (Fsp3) is 0.933. The van der Waals surface area contributed by atoms with E-state index in [4.69, 9.17) is 14.2 Å². The van der Waals surface area contributed by atoms with Crippen molar-refractivity contribution < 1.29 is 28.6 Å². The number of rotatable bonds is 40. The molecule has 0 unspecified atom stereocenters. The van der Waals surface area contributed by atoms with Gasteiger partial charge < -0.3 is 14.2 Å². The Morgan fingerprint density at radius 2 is 0.647 bits per heavy atom. The summed E-state index contributed by atoms with van der Waals surface area (Å²) in [5.41, 5.74) is 0. The molecule has 302 valence electrons. The van der Waals surface area contributed by atoms with E-state index in [0.29, 0.717) is 19.3 Å². The predicted octanol–water partition coefficient (Wildman–Crippen LogP) is 13.9. The molecule has 0 N–H and O–H groups in total. The van der Waals surface area contributed by atoms with Crippen LogP contribution < -0.4 is 0 Å². The van der Waals surface area contributed by atoms with E-state index in [1.807, 2.05) is 0 Å². The van der Waals surface area contributed by atoms with Crippen molar-refractivity contribution in [3.8, 4) is 0 Å². The molecule has 0 heterocycles. The molecule has 1 atom stereocenters. The molecule has 0 aliphatic rings. The quantitative estimate of drug-likeness (QED) is 0.0356. The van der Waals surface area contributed by atoms with E-state index in [2.05, 4.69) is 27.7 Å². The van der Waals surface area contributed by atoms with Gasteiger partial charge >= 0.3 is 17.9 Å². The first-order valence-electron chi connectivity index (χ1n) is 22.4. The third-order valence-corrected chi connectivity index (χ3v) is 10.0. The van der Waals surface area contributed by atoms with Crippen LogP contribution >= 0.6 is 0 Å². The number of ether oxygens (including phenoxy) is 3. The lowest BCUT2D eigenvalue weighted by molar-refractivity contribution is -0.167. The molecular weight excluding hydrogens is 636 g/mol. The molecule has 0 amide bonds. The van der Waals surface area contributed by atoms with Crippen molar-refractivity contribution in [1.29, 1.82) is 0 Å². The van der Waals surface area contributed by atoms with Crippen molar-refractivity contribution in [1.82, 2.24) is 0 Å². The number of unbranched alkanes of at least 4 members (excludes halogenated alkanes) is 27. The Balaban J connectivity index is 4.16. The molecule has 0 aliphatic heterocycles. The average molecular weight is 723 g/mol. The second-order valence-corrected chi connectivity index (χ2v) is 15.8. The summed E-state index contributed by atoms with van der Waals surface area (Å²) in [4.78, 5) is 37.4. The maximum Gasteiger partial charge on any atom is 0.306 e. The lowest BCUT2D eigenvalue weighted by Gasteiger charge is -2.18. The van der Waals surface area contributed by atoms with Gasteiger partial charge in [-0.2, -0.15) is 0 Å². The van der Waals surface area contributed by atoms with E-state index in [-0.39, 0.29) is 31.1 Å². The third kappa shape index (κ3) is 39.5. The van der Waals surface area contributed by atoms with Gasteiger partial charge in [-0.05, 0) is 25.2 Å². The first-order valence-corrected chi connectivity index (χ1v) is 22.4. The Labute approximate surface area is 317 Å². The van der Waals surface area contributed by atoms with Crippen LogP contribution in [0.1, 0.15) is 246 Å². The van der Waals surface area contributed by atoms with E-state index in [1.165, 1.54) is 135 Å². The number of carbonyl (C=O) groups excluding carboxylic acids is 3. The van der Waals surface area contributed by atoms with Gasteiger partial charge in [0.25, 0.3) is 0 Å². The Morgan fingerprint density at radius 1 is 0.373 bits per heavy atom. The summed E-state index contributed by atoms with van der Waals surface area (Å²) >= 11 is 0. The first-order chi connectivity index (χ1) is 24.9. The molecule has 0 spiro atoms. The molecule has 0 aromatic carbocycles. The van der Waals surface area contributed by atoms with Crippen LogP contribution in [-0.2, 0) is 28.6 Å². The highest BCUT2D eigenvalue weighted by molar-refractivity contribution is 5.71. The second-order valence-electron chi connectivity index (χ2n) is 15.8. The normalized spacial score (nSPS) is 11.9. The summed E-state index contributed by atoms with van der Waals surface area (Å²) in [6.45, 7) is 8.92. The van der Waals surface area contributed by atoms with Gasteiger partial charge in [-0.25, -0.2) is 0 Å². The Kier molecular flexibility index (Phi) is 38.4. The number of esters is 3. The number of carbonyl (C=O) groups is 3. The summed E-state index contributed by atoms with van der Waals surface area (Å²) in [6.07, 6.45) is 38.3. The maximum absolute atomic E-state index is 12.7. The van der Waals surface area contributed by atoms with Gasteiger partial charge in [0.15, 0.2) is 6.10 Å². The van der Waals surface area contributed by atoms with Crippen molar-refractivity contribution in [2.45, 2.75) is 252 Å². The van der Waals surface area contributed by atoms with Crippen molar-refractivity contribution in [2.75, 3.05) is 13.2 Å². The molecule has 0 aromatic heterocycles. The fourth-order valence-corrected chi connectivity index (χ4v) is 6.63. The standard InChI is InChI=1S/C45H86O6/c1-5-7-9-11-12-13-18-22-25-29-33-37-44(47)50-40-42(39-49-43(46)36-32-27-10-8-6-2)51-45(48)38-34-30-26-23-20-17-15-14-16-19-21-24-28-31-35-41(3)4/h41-42H,5-40H2,1-4H3/t42-/m1/s1. The molecule has 6 nitrogen and oxygen atoms in total. The molecule has 51 heavy (non-hydrogen) atoms. The van der Waals surface area contributed by atoms with Gasteiger partial charge in [0.2, 0.25) is 0 Å². The van der Waals surface area contributed by atoms with Crippen molar-refractivity contribution >= 4 is 17.9 Å². The van der Waals surface area contributed by atoms with E-state index < -0.39 is 6.10 Å². The Hall–Kier alpha value is -1.59. The monoisotopic (exact) mass is 723 g/mol. The van der Waals surface area contributed by atoms with Crippen LogP contribution in [-0.4, -0.2) is 37.2 Å². The first kappa shape index (κ1) is 49.4. The average Bonchev–Trinajstić information content (AvgIpc) is 3.11. The molecule has 6 heteroatoms. The Bertz CT molecular complexity index is 766. The highest BCUT2D eigenvalue weighted by Crippen LogP contribution is 2.16. The van der Waals surface area contributed by atoms with Crippen molar-refractivity contribution in [3.63, 3.8) is 0 Å². The van der Waals surface area contributed by atoms with Crippen molar-refractivity contribution in [2.24, 2.45) is 5.92 Å². The zero-order valence-corrected chi connectivity index (χ0v) is 34.6. The largest absolute Gasteiger partial charge is 0.462 e. The molecule has 0 fully saturated rings. The summed E-state index contributed by atoms with van der Waals surface area (Å²) in [5.74, 6) is -0.0258. The molecular formula is C45H86O6. The minimum Gasteiger partial charge on any atom is -0.462 e. The van der Waals surface area contributed by atoms with Crippen LogP contribution in [0.3, 0.4) is 0 Å². The lowest BCUT2D eigenvalue weighted by Crippen LogP contribution is -2.30. The van der Waals surface area contributed by atoms with E-state index >= 15 is 0 Å². The molecule has 0 bridgehead atoms. The van der Waals surface area contributed by atoms with E-state index in [1.54, 1.807) is 0 Å². The van der Waals surface area contributed by atoms with E-state index in [9.17, 15) is 14.4 Å². The van der Waals surface area contributed by atoms with Crippen LogP contribution in [0.15, 0.2) is 0 Å². The van der Waals surface area contributed by atoms with Gasteiger partial charge in [0.1, 0.15) is 13.2 Å². The molecule has 0 saturated carbocycles. The summed E-state index contributed by atoms with van der Waals surface area (Å²) in [7, 11) is 0. The van der Waals surface area contributed by atoms with Crippen LogP contribution in [0.4, 0.5) is 0 Å². The minimum absolute atomic E-state index is 0.0648. The highest BCUT2D eigenvalue weighted by Gasteiger charge is 2.19.